The third-order valence-corrected chi connectivity index (χ3v) is 2.60. The van der Waals surface area contributed by atoms with Gasteiger partial charge in [-0.15, -0.1) is 0 Å². The second kappa shape index (κ2) is 5.58. The first-order valence-corrected chi connectivity index (χ1v) is 5.22. The van der Waals surface area contributed by atoms with Gasteiger partial charge in [0.05, 0.1) is 12.7 Å². The minimum atomic E-state index is 0.436. The van der Waals surface area contributed by atoms with Gasteiger partial charge in [0.2, 0.25) is 0 Å². The van der Waals surface area contributed by atoms with Gasteiger partial charge in [0, 0.05) is 26.2 Å². The monoisotopic (exact) mass is 186 g/mol. The topological polar surface area (TPSA) is 24.5 Å². The van der Waals surface area contributed by atoms with E-state index in [1.54, 1.807) is 0 Å². The molecule has 1 heterocycles. The van der Waals surface area contributed by atoms with Crippen LogP contribution in [0.15, 0.2) is 0 Å². The van der Waals surface area contributed by atoms with Gasteiger partial charge in [0.15, 0.2) is 0 Å². The molecule has 0 aliphatic carbocycles. The van der Waals surface area contributed by atoms with Crippen molar-refractivity contribution in [3.05, 3.63) is 0 Å². The summed E-state index contributed by atoms with van der Waals surface area (Å²) in [6.45, 7) is 9.75. The van der Waals surface area contributed by atoms with Gasteiger partial charge in [-0.05, 0) is 13.0 Å². The Labute approximate surface area is 81.4 Å². The summed E-state index contributed by atoms with van der Waals surface area (Å²) in [6.07, 6.45) is 0.436. The highest BCUT2D eigenvalue weighted by atomic mass is 16.5. The van der Waals surface area contributed by atoms with E-state index in [9.17, 15) is 0 Å². The number of nitrogens with zero attached hydrogens (tertiary/aromatic N) is 1. The van der Waals surface area contributed by atoms with Crippen molar-refractivity contribution in [1.82, 2.24) is 10.2 Å². The molecule has 0 aromatic heterocycles. The number of likely N-dealkylation sites (N-methyl/N-ethyl adjacent to an activating group) is 1. The summed E-state index contributed by atoms with van der Waals surface area (Å²) < 4.78 is 5.69. The number of ether oxygens (including phenoxy) is 1. The van der Waals surface area contributed by atoms with Gasteiger partial charge in [-0.1, -0.05) is 13.8 Å². The molecule has 3 heteroatoms. The predicted octanol–water partition coefficient (Wildman–Crippen LogP) is 0.563. The summed E-state index contributed by atoms with van der Waals surface area (Å²) in [5.74, 6) is 0.636. The lowest BCUT2D eigenvalue weighted by Crippen LogP contribution is -2.46. The van der Waals surface area contributed by atoms with Crippen LogP contribution in [0.25, 0.3) is 0 Å². The van der Waals surface area contributed by atoms with Crippen LogP contribution in [0.5, 0.6) is 0 Å². The molecule has 0 saturated carbocycles. The molecule has 0 bridgehead atoms. The van der Waals surface area contributed by atoms with Gasteiger partial charge in [-0.25, -0.2) is 0 Å². The molecule has 1 aliphatic rings. The molecule has 0 radical (unpaired) electrons. The van der Waals surface area contributed by atoms with Gasteiger partial charge in [0.25, 0.3) is 0 Å². The van der Waals surface area contributed by atoms with Crippen LogP contribution in [0.3, 0.4) is 0 Å². The van der Waals surface area contributed by atoms with Gasteiger partial charge < -0.3 is 10.1 Å². The Hall–Kier alpha value is -0.120. The Morgan fingerprint density at radius 1 is 1.54 bits per heavy atom. The van der Waals surface area contributed by atoms with Crippen molar-refractivity contribution in [3.8, 4) is 0 Å². The number of nitrogens with one attached hydrogen (secondary N) is 1. The first kappa shape index (κ1) is 11.0. The Bertz CT molecular complexity index is 139. The molecule has 1 fully saturated rings. The average Bonchev–Trinajstić information content (AvgIpc) is 2.15. The van der Waals surface area contributed by atoms with Crippen molar-refractivity contribution in [2.45, 2.75) is 20.0 Å². The Morgan fingerprint density at radius 3 is 2.92 bits per heavy atom. The summed E-state index contributed by atoms with van der Waals surface area (Å²) in [5.41, 5.74) is 0. The van der Waals surface area contributed by atoms with Crippen molar-refractivity contribution in [1.29, 1.82) is 0 Å². The summed E-state index contributed by atoms with van der Waals surface area (Å²) in [7, 11) is 2.00. The van der Waals surface area contributed by atoms with Gasteiger partial charge in [-0.2, -0.15) is 0 Å². The fourth-order valence-corrected chi connectivity index (χ4v) is 1.61. The smallest absolute Gasteiger partial charge is 0.0725 e. The van der Waals surface area contributed by atoms with E-state index in [1.165, 1.54) is 0 Å². The van der Waals surface area contributed by atoms with E-state index in [0.29, 0.717) is 12.0 Å². The van der Waals surface area contributed by atoms with Crippen LogP contribution in [-0.4, -0.2) is 50.8 Å². The molecule has 0 spiro atoms. The highest BCUT2D eigenvalue weighted by Gasteiger charge is 2.22. The number of morpholine rings is 1. The minimum Gasteiger partial charge on any atom is -0.375 e. The zero-order valence-corrected chi connectivity index (χ0v) is 9.05. The molecular formula is C10H22N2O. The Morgan fingerprint density at radius 2 is 2.31 bits per heavy atom. The minimum absolute atomic E-state index is 0.436. The SMILES string of the molecule is CNCCN1CCOC(C(C)C)C1. The van der Waals surface area contributed by atoms with Crippen LogP contribution in [0, 0.1) is 5.92 Å². The van der Waals surface area contributed by atoms with Crippen LogP contribution in [0.1, 0.15) is 13.8 Å². The zero-order chi connectivity index (χ0) is 9.68. The second-order valence-electron chi connectivity index (χ2n) is 4.06. The van der Waals surface area contributed by atoms with Crippen LogP contribution < -0.4 is 5.32 Å². The van der Waals surface area contributed by atoms with E-state index in [-0.39, 0.29) is 0 Å². The van der Waals surface area contributed by atoms with Crippen molar-refractivity contribution < 1.29 is 4.74 Å². The van der Waals surface area contributed by atoms with Crippen LogP contribution in [0.2, 0.25) is 0 Å². The quantitative estimate of drug-likeness (QED) is 0.694. The summed E-state index contributed by atoms with van der Waals surface area (Å²) >= 11 is 0. The molecule has 1 rings (SSSR count). The van der Waals surface area contributed by atoms with E-state index >= 15 is 0 Å². The van der Waals surface area contributed by atoms with Crippen LogP contribution >= 0.6 is 0 Å². The van der Waals surface area contributed by atoms with E-state index in [4.69, 9.17) is 4.74 Å². The maximum atomic E-state index is 5.69. The molecule has 1 saturated heterocycles. The van der Waals surface area contributed by atoms with E-state index in [0.717, 1.165) is 32.8 Å². The summed E-state index contributed by atoms with van der Waals surface area (Å²) in [6, 6.07) is 0. The molecule has 3 nitrogen and oxygen atoms in total. The molecule has 0 aromatic rings. The molecule has 78 valence electrons. The van der Waals surface area contributed by atoms with Crippen molar-refractivity contribution >= 4 is 0 Å². The van der Waals surface area contributed by atoms with Gasteiger partial charge >= 0.3 is 0 Å². The summed E-state index contributed by atoms with van der Waals surface area (Å²) in [4.78, 5) is 2.48. The predicted molar refractivity (Wildman–Crippen MR) is 54.9 cm³/mol. The fourth-order valence-electron chi connectivity index (χ4n) is 1.61. The summed E-state index contributed by atoms with van der Waals surface area (Å²) in [5, 5.41) is 3.18. The van der Waals surface area contributed by atoms with Crippen molar-refractivity contribution in [2.75, 3.05) is 39.8 Å². The molecule has 1 aliphatic heterocycles. The third kappa shape index (κ3) is 3.63. The first-order chi connectivity index (χ1) is 6.24. The van der Waals surface area contributed by atoms with Crippen molar-refractivity contribution in [3.63, 3.8) is 0 Å². The van der Waals surface area contributed by atoms with E-state index in [2.05, 4.69) is 24.1 Å². The largest absolute Gasteiger partial charge is 0.375 e. The standard InChI is InChI=1S/C10H22N2O/c1-9(2)10-8-12(5-4-11-3)6-7-13-10/h9-11H,4-8H2,1-3H3. The maximum absolute atomic E-state index is 5.69. The fraction of sp³-hybridized carbons (Fsp3) is 1.00. The number of hydrogen-bond donors (Lipinski definition) is 1. The number of rotatable bonds is 4. The molecule has 1 atom stereocenters. The second-order valence-corrected chi connectivity index (χ2v) is 4.06. The first-order valence-electron chi connectivity index (χ1n) is 5.22. The Kier molecular flexibility index (Phi) is 4.70. The van der Waals surface area contributed by atoms with Gasteiger partial charge in [0.1, 0.15) is 0 Å². The molecule has 1 N–H and O–H groups in total. The maximum Gasteiger partial charge on any atom is 0.0725 e. The number of hydrogen-bond acceptors (Lipinski definition) is 3. The van der Waals surface area contributed by atoms with E-state index < -0.39 is 0 Å². The molecule has 13 heavy (non-hydrogen) atoms. The van der Waals surface area contributed by atoms with Gasteiger partial charge in [-0.3, -0.25) is 4.90 Å². The lowest BCUT2D eigenvalue weighted by molar-refractivity contribution is -0.0497. The third-order valence-electron chi connectivity index (χ3n) is 2.60. The highest BCUT2D eigenvalue weighted by Crippen LogP contribution is 2.12. The van der Waals surface area contributed by atoms with Crippen molar-refractivity contribution in [2.24, 2.45) is 5.92 Å². The highest BCUT2D eigenvalue weighted by molar-refractivity contribution is 4.73. The lowest BCUT2D eigenvalue weighted by Gasteiger charge is -2.34. The van der Waals surface area contributed by atoms with Crippen LogP contribution in [-0.2, 0) is 4.74 Å². The van der Waals surface area contributed by atoms with Crippen LogP contribution in [0.4, 0.5) is 0 Å². The molecule has 1 unspecified atom stereocenters. The van der Waals surface area contributed by atoms with E-state index in [1.807, 2.05) is 7.05 Å². The lowest BCUT2D eigenvalue weighted by atomic mass is 10.1. The average molecular weight is 186 g/mol. The normalized spacial score (nSPS) is 25.4. The molecule has 0 aromatic carbocycles. The zero-order valence-electron chi connectivity index (χ0n) is 9.05. The molecular weight excluding hydrogens is 164 g/mol. The Balaban J connectivity index is 2.25. The molecule has 0 amide bonds.